The van der Waals surface area contributed by atoms with Gasteiger partial charge < -0.3 is 19.8 Å². The summed E-state index contributed by atoms with van der Waals surface area (Å²) in [6, 6.07) is 14.6. The molecule has 192 valence electrons. The first kappa shape index (κ1) is 24.8. The fraction of sp³-hybridized carbons (Fsp3) is 0.517. The number of nitrogens with zero attached hydrogens (tertiary/aromatic N) is 4. The highest BCUT2D eigenvalue weighted by molar-refractivity contribution is 5.97. The molecule has 0 spiro atoms. The van der Waals surface area contributed by atoms with E-state index in [4.69, 9.17) is 0 Å². The quantitative estimate of drug-likeness (QED) is 0.674. The van der Waals surface area contributed by atoms with Crippen LogP contribution in [0.1, 0.15) is 40.9 Å². The molecule has 7 nitrogen and oxygen atoms in total. The van der Waals surface area contributed by atoms with Crippen molar-refractivity contribution in [3.05, 3.63) is 64.7 Å². The lowest BCUT2D eigenvalue weighted by atomic mass is 9.97. The summed E-state index contributed by atoms with van der Waals surface area (Å²) in [5.74, 6) is 0.264. The van der Waals surface area contributed by atoms with Gasteiger partial charge in [0.2, 0.25) is 5.91 Å². The number of anilines is 1. The van der Waals surface area contributed by atoms with Gasteiger partial charge in [0, 0.05) is 76.1 Å². The number of carbonyl (C=O) groups excluding carboxylic acids is 2. The SMILES string of the molecule is CC(C)C(=O)N1CCN(c2ccc3c(c2)CCN(C[C@H](O)CN2CCc4ccccc4C2)C3=O)CC1. The molecule has 1 atom stereocenters. The minimum Gasteiger partial charge on any atom is -0.390 e. The molecule has 0 saturated carbocycles. The van der Waals surface area contributed by atoms with E-state index in [-0.39, 0.29) is 17.7 Å². The Labute approximate surface area is 214 Å². The minimum atomic E-state index is -0.565. The maximum absolute atomic E-state index is 13.2. The summed E-state index contributed by atoms with van der Waals surface area (Å²) >= 11 is 0. The zero-order valence-electron chi connectivity index (χ0n) is 21.5. The normalized spacial score (nSPS) is 19.3. The van der Waals surface area contributed by atoms with Gasteiger partial charge in [-0.2, -0.15) is 0 Å². The number of carbonyl (C=O) groups is 2. The Hall–Kier alpha value is -2.90. The van der Waals surface area contributed by atoms with E-state index in [1.165, 1.54) is 11.1 Å². The fourth-order valence-corrected chi connectivity index (χ4v) is 5.76. The van der Waals surface area contributed by atoms with Gasteiger partial charge in [0.1, 0.15) is 0 Å². The molecule has 0 aromatic heterocycles. The molecule has 0 bridgehead atoms. The molecule has 1 fully saturated rings. The molecule has 5 rings (SSSR count). The van der Waals surface area contributed by atoms with Crippen LogP contribution in [0.5, 0.6) is 0 Å². The summed E-state index contributed by atoms with van der Waals surface area (Å²) in [7, 11) is 0. The predicted molar refractivity (Wildman–Crippen MR) is 141 cm³/mol. The van der Waals surface area contributed by atoms with Crippen molar-refractivity contribution in [2.45, 2.75) is 39.3 Å². The van der Waals surface area contributed by atoms with Crippen LogP contribution in [0.2, 0.25) is 0 Å². The van der Waals surface area contributed by atoms with Crippen LogP contribution in [0, 0.1) is 5.92 Å². The average Bonchev–Trinajstić information content (AvgIpc) is 2.89. The van der Waals surface area contributed by atoms with Gasteiger partial charge in [-0.3, -0.25) is 14.5 Å². The summed E-state index contributed by atoms with van der Waals surface area (Å²) in [5.41, 5.74) is 5.69. The number of hydrogen-bond donors (Lipinski definition) is 1. The van der Waals surface area contributed by atoms with E-state index in [1.54, 1.807) is 4.90 Å². The van der Waals surface area contributed by atoms with Crippen LogP contribution in [0.25, 0.3) is 0 Å². The molecule has 0 radical (unpaired) electrons. The number of rotatable bonds is 6. The largest absolute Gasteiger partial charge is 0.390 e. The number of fused-ring (bicyclic) bond motifs is 2. The molecule has 3 heterocycles. The van der Waals surface area contributed by atoms with Gasteiger partial charge in [0.15, 0.2) is 0 Å². The third-order valence-corrected chi connectivity index (χ3v) is 7.82. The van der Waals surface area contributed by atoms with E-state index in [0.717, 1.165) is 68.9 Å². The third-order valence-electron chi connectivity index (χ3n) is 7.82. The molecule has 2 amide bonds. The standard InChI is InChI=1S/C29H38N4O3/c1-21(2)28(35)32-15-13-31(14-16-32)25-7-8-27-23(17-25)10-12-33(29(27)36)20-26(34)19-30-11-9-22-5-3-4-6-24(22)18-30/h3-8,17,21,26,34H,9-16,18-20H2,1-2H3/t26-/m1/s1. The number of benzene rings is 2. The number of β-amino-alcohol motifs (C(OH)–C–C–N with tert-alkyl or cyclic N) is 1. The minimum absolute atomic E-state index is 0.0122. The zero-order valence-corrected chi connectivity index (χ0v) is 21.5. The van der Waals surface area contributed by atoms with Gasteiger partial charge >= 0.3 is 0 Å². The van der Waals surface area contributed by atoms with Crippen molar-refractivity contribution in [3.8, 4) is 0 Å². The second-order valence-corrected chi connectivity index (χ2v) is 10.7. The second-order valence-electron chi connectivity index (χ2n) is 10.7. The topological polar surface area (TPSA) is 67.3 Å². The highest BCUT2D eigenvalue weighted by atomic mass is 16.3. The van der Waals surface area contributed by atoms with E-state index in [2.05, 4.69) is 40.1 Å². The van der Waals surface area contributed by atoms with Crippen LogP contribution in [0.15, 0.2) is 42.5 Å². The summed E-state index contributed by atoms with van der Waals surface area (Å²) in [6.45, 7) is 10.4. The van der Waals surface area contributed by atoms with E-state index < -0.39 is 6.10 Å². The molecule has 1 saturated heterocycles. The smallest absolute Gasteiger partial charge is 0.254 e. The lowest BCUT2D eigenvalue weighted by molar-refractivity contribution is -0.134. The molecule has 2 aromatic rings. The van der Waals surface area contributed by atoms with Crippen LogP contribution in [-0.4, -0.2) is 90.1 Å². The Morgan fingerprint density at radius 1 is 0.889 bits per heavy atom. The van der Waals surface area contributed by atoms with E-state index in [9.17, 15) is 14.7 Å². The van der Waals surface area contributed by atoms with Crippen LogP contribution in [0.4, 0.5) is 5.69 Å². The van der Waals surface area contributed by atoms with Crippen LogP contribution in [-0.2, 0) is 24.2 Å². The van der Waals surface area contributed by atoms with E-state index in [1.807, 2.05) is 30.9 Å². The zero-order chi connectivity index (χ0) is 25.2. The number of aliphatic hydroxyl groups excluding tert-OH is 1. The summed E-state index contributed by atoms with van der Waals surface area (Å²) < 4.78 is 0. The van der Waals surface area contributed by atoms with Crippen molar-refractivity contribution in [1.29, 1.82) is 0 Å². The van der Waals surface area contributed by atoms with Gasteiger partial charge in [0.25, 0.3) is 5.91 Å². The lowest BCUT2D eigenvalue weighted by Crippen LogP contribution is -2.50. The first-order chi connectivity index (χ1) is 17.4. The molecule has 0 aliphatic carbocycles. The monoisotopic (exact) mass is 490 g/mol. The number of piperazine rings is 1. The molecule has 7 heteroatoms. The Morgan fingerprint density at radius 3 is 2.36 bits per heavy atom. The highest BCUT2D eigenvalue weighted by Gasteiger charge is 2.29. The maximum atomic E-state index is 13.2. The fourth-order valence-electron chi connectivity index (χ4n) is 5.76. The summed E-state index contributed by atoms with van der Waals surface area (Å²) in [5, 5.41) is 10.8. The molecular formula is C29H38N4O3. The lowest BCUT2D eigenvalue weighted by Gasteiger charge is -2.37. The highest BCUT2D eigenvalue weighted by Crippen LogP contribution is 2.26. The van der Waals surface area contributed by atoms with Crippen molar-refractivity contribution in [3.63, 3.8) is 0 Å². The molecular weight excluding hydrogens is 452 g/mol. The summed E-state index contributed by atoms with van der Waals surface area (Å²) in [4.78, 5) is 33.9. The Kier molecular flexibility index (Phi) is 7.30. The average molecular weight is 491 g/mol. The van der Waals surface area contributed by atoms with Gasteiger partial charge in [-0.1, -0.05) is 38.1 Å². The van der Waals surface area contributed by atoms with Crippen molar-refractivity contribution in [2.24, 2.45) is 5.92 Å². The van der Waals surface area contributed by atoms with Gasteiger partial charge in [-0.15, -0.1) is 0 Å². The van der Waals surface area contributed by atoms with Crippen LogP contribution < -0.4 is 4.90 Å². The molecule has 2 aromatic carbocycles. The number of amides is 2. The molecule has 36 heavy (non-hydrogen) atoms. The van der Waals surface area contributed by atoms with Crippen molar-refractivity contribution < 1.29 is 14.7 Å². The van der Waals surface area contributed by atoms with E-state index >= 15 is 0 Å². The second kappa shape index (κ2) is 10.6. The molecule has 1 N–H and O–H groups in total. The summed E-state index contributed by atoms with van der Waals surface area (Å²) in [6.07, 6.45) is 1.24. The third kappa shape index (κ3) is 5.27. The first-order valence-electron chi connectivity index (χ1n) is 13.3. The molecule has 0 unspecified atom stereocenters. The molecule has 3 aliphatic rings. The Balaban J connectivity index is 1.16. The van der Waals surface area contributed by atoms with Crippen molar-refractivity contribution in [1.82, 2.24) is 14.7 Å². The number of aliphatic hydroxyl groups is 1. The predicted octanol–water partition coefficient (Wildman–Crippen LogP) is 2.41. The van der Waals surface area contributed by atoms with E-state index in [0.29, 0.717) is 19.6 Å². The van der Waals surface area contributed by atoms with Crippen molar-refractivity contribution in [2.75, 3.05) is 57.3 Å². The van der Waals surface area contributed by atoms with Gasteiger partial charge in [-0.25, -0.2) is 0 Å². The molecule has 3 aliphatic heterocycles. The number of hydrogen-bond acceptors (Lipinski definition) is 5. The maximum Gasteiger partial charge on any atom is 0.254 e. The Bertz CT molecular complexity index is 1110. The Morgan fingerprint density at radius 2 is 1.61 bits per heavy atom. The van der Waals surface area contributed by atoms with Crippen LogP contribution >= 0.6 is 0 Å². The van der Waals surface area contributed by atoms with Crippen molar-refractivity contribution >= 4 is 17.5 Å². The van der Waals surface area contributed by atoms with Gasteiger partial charge in [-0.05, 0) is 47.7 Å². The van der Waals surface area contributed by atoms with Gasteiger partial charge in [0.05, 0.1) is 6.10 Å². The van der Waals surface area contributed by atoms with Crippen LogP contribution in [0.3, 0.4) is 0 Å². The first-order valence-corrected chi connectivity index (χ1v) is 13.3.